The normalized spacial score (nSPS) is 24.2. The van der Waals surface area contributed by atoms with Gasteiger partial charge in [0.2, 0.25) is 0 Å². The topological polar surface area (TPSA) is 20.2 Å². The van der Waals surface area contributed by atoms with E-state index in [0.717, 1.165) is 31.4 Å². The Kier molecular flexibility index (Phi) is 3.41. The van der Waals surface area contributed by atoms with Crippen molar-refractivity contribution in [2.24, 2.45) is 11.3 Å². The summed E-state index contributed by atoms with van der Waals surface area (Å²) in [4.78, 5) is 0. The molecule has 2 unspecified atom stereocenters. The lowest BCUT2D eigenvalue weighted by Crippen LogP contribution is -2.25. The van der Waals surface area contributed by atoms with E-state index in [2.05, 4.69) is 0 Å². The van der Waals surface area contributed by atoms with Gasteiger partial charge in [0, 0.05) is 5.56 Å². The Balaban J connectivity index is 2.35. The number of aliphatic hydroxyl groups excluding tert-OH is 1. The van der Waals surface area contributed by atoms with Crippen LogP contribution in [0.5, 0.6) is 0 Å². The minimum atomic E-state index is -1.51. The molecule has 100 valence electrons. The van der Waals surface area contributed by atoms with Crippen molar-refractivity contribution in [1.82, 2.24) is 0 Å². The summed E-state index contributed by atoms with van der Waals surface area (Å²) in [6.07, 6.45) is 1.59. The molecule has 0 saturated heterocycles. The summed E-state index contributed by atoms with van der Waals surface area (Å²) in [7, 11) is 0. The Bertz CT molecular complexity index is 457. The molecule has 0 aliphatic heterocycles. The second kappa shape index (κ2) is 4.57. The molecule has 1 aliphatic carbocycles. The van der Waals surface area contributed by atoms with Crippen molar-refractivity contribution in [3.63, 3.8) is 0 Å². The van der Waals surface area contributed by atoms with Gasteiger partial charge in [0.05, 0.1) is 6.10 Å². The third kappa shape index (κ3) is 2.14. The van der Waals surface area contributed by atoms with Gasteiger partial charge in [-0.3, -0.25) is 0 Å². The monoisotopic (exact) mass is 258 g/mol. The first-order valence-electron chi connectivity index (χ1n) is 6.16. The molecule has 18 heavy (non-hydrogen) atoms. The molecule has 2 atom stereocenters. The highest BCUT2D eigenvalue weighted by molar-refractivity contribution is 5.23. The maximum atomic E-state index is 13.6. The summed E-state index contributed by atoms with van der Waals surface area (Å²) < 4.78 is 39.7. The second-order valence-electron chi connectivity index (χ2n) is 5.70. The van der Waals surface area contributed by atoms with E-state index in [0.29, 0.717) is 0 Å². The number of hydrogen-bond acceptors (Lipinski definition) is 1. The average molecular weight is 258 g/mol. The van der Waals surface area contributed by atoms with Crippen molar-refractivity contribution in [3.8, 4) is 0 Å². The van der Waals surface area contributed by atoms with Crippen molar-refractivity contribution in [2.45, 2.75) is 39.2 Å². The predicted molar refractivity (Wildman–Crippen MR) is 62.4 cm³/mol. The van der Waals surface area contributed by atoms with Crippen molar-refractivity contribution in [3.05, 3.63) is 35.1 Å². The van der Waals surface area contributed by atoms with Crippen LogP contribution in [-0.4, -0.2) is 5.11 Å². The van der Waals surface area contributed by atoms with Gasteiger partial charge in [-0.15, -0.1) is 0 Å². The minimum Gasteiger partial charge on any atom is -0.388 e. The van der Waals surface area contributed by atoms with Crippen LogP contribution in [0.1, 0.15) is 44.8 Å². The Morgan fingerprint density at radius 3 is 2.44 bits per heavy atom. The SMILES string of the molecule is CC1(C)CCCC1C(O)c1ccc(F)c(F)c1F. The second-order valence-corrected chi connectivity index (χ2v) is 5.70. The van der Waals surface area contributed by atoms with Crippen LogP contribution >= 0.6 is 0 Å². The molecule has 1 aliphatic rings. The number of benzene rings is 1. The number of halogens is 3. The average Bonchev–Trinajstić information content (AvgIpc) is 2.65. The van der Waals surface area contributed by atoms with Crippen LogP contribution < -0.4 is 0 Å². The van der Waals surface area contributed by atoms with E-state index < -0.39 is 23.6 Å². The van der Waals surface area contributed by atoms with E-state index in [1.807, 2.05) is 13.8 Å². The van der Waals surface area contributed by atoms with E-state index in [1.54, 1.807) is 0 Å². The van der Waals surface area contributed by atoms with Gasteiger partial charge in [0.25, 0.3) is 0 Å². The lowest BCUT2D eigenvalue weighted by atomic mass is 9.76. The maximum absolute atomic E-state index is 13.6. The van der Waals surface area contributed by atoms with Gasteiger partial charge in [0.1, 0.15) is 0 Å². The first-order chi connectivity index (χ1) is 8.34. The molecule has 0 aromatic heterocycles. The summed E-state index contributed by atoms with van der Waals surface area (Å²) in [5.74, 6) is -4.14. The molecule has 1 aromatic carbocycles. The lowest BCUT2D eigenvalue weighted by molar-refractivity contribution is 0.0498. The molecular formula is C14H17F3O. The fourth-order valence-corrected chi connectivity index (χ4v) is 2.92. The number of rotatable bonds is 2. The Hall–Kier alpha value is -1.03. The fourth-order valence-electron chi connectivity index (χ4n) is 2.92. The zero-order valence-corrected chi connectivity index (χ0v) is 10.5. The molecule has 1 saturated carbocycles. The van der Waals surface area contributed by atoms with Gasteiger partial charge >= 0.3 is 0 Å². The Labute approximate surface area is 105 Å². The molecule has 0 spiro atoms. The number of hydrogen-bond donors (Lipinski definition) is 1. The van der Waals surface area contributed by atoms with Crippen LogP contribution in [0.25, 0.3) is 0 Å². The zero-order valence-electron chi connectivity index (χ0n) is 10.5. The van der Waals surface area contributed by atoms with E-state index in [-0.39, 0.29) is 16.9 Å². The smallest absolute Gasteiger partial charge is 0.194 e. The van der Waals surface area contributed by atoms with Crippen molar-refractivity contribution >= 4 is 0 Å². The largest absolute Gasteiger partial charge is 0.388 e. The third-order valence-electron chi connectivity index (χ3n) is 4.10. The molecule has 4 heteroatoms. The Morgan fingerprint density at radius 2 is 1.89 bits per heavy atom. The van der Waals surface area contributed by atoms with E-state index in [4.69, 9.17) is 0 Å². The summed E-state index contributed by atoms with van der Waals surface area (Å²) in [5, 5.41) is 10.2. The molecule has 1 aromatic rings. The molecule has 0 radical (unpaired) electrons. The summed E-state index contributed by atoms with van der Waals surface area (Å²) in [6.45, 7) is 4.01. The van der Waals surface area contributed by atoms with E-state index in [9.17, 15) is 18.3 Å². The van der Waals surface area contributed by atoms with E-state index >= 15 is 0 Å². The predicted octanol–water partition coefficient (Wildman–Crippen LogP) is 3.96. The molecule has 2 rings (SSSR count). The maximum Gasteiger partial charge on any atom is 0.194 e. The molecule has 0 amide bonds. The minimum absolute atomic E-state index is 0.114. The molecule has 1 nitrogen and oxygen atoms in total. The van der Waals surface area contributed by atoms with Crippen molar-refractivity contribution in [1.29, 1.82) is 0 Å². The van der Waals surface area contributed by atoms with Gasteiger partial charge in [0.15, 0.2) is 17.5 Å². The van der Waals surface area contributed by atoms with Crippen LogP contribution in [0.4, 0.5) is 13.2 Å². The summed E-state index contributed by atoms with van der Waals surface area (Å²) in [6, 6.07) is 1.99. The summed E-state index contributed by atoms with van der Waals surface area (Å²) in [5.41, 5.74) is -0.259. The first-order valence-corrected chi connectivity index (χ1v) is 6.16. The summed E-state index contributed by atoms with van der Waals surface area (Å²) >= 11 is 0. The highest BCUT2D eigenvalue weighted by Crippen LogP contribution is 2.49. The quantitative estimate of drug-likeness (QED) is 0.796. The molecular weight excluding hydrogens is 241 g/mol. The fraction of sp³-hybridized carbons (Fsp3) is 0.571. The van der Waals surface area contributed by atoms with Gasteiger partial charge in [-0.2, -0.15) is 0 Å². The molecule has 1 fully saturated rings. The highest BCUT2D eigenvalue weighted by atomic mass is 19.2. The third-order valence-corrected chi connectivity index (χ3v) is 4.10. The van der Waals surface area contributed by atoms with Crippen molar-refractivity contribution < 1.29 is 18.3 Å². The molecule has 0 bridgehead atoms. The van der Waals surface area contributed by atoms with Crippen LogP contribution in [-0.2, 0) is 0 Å². The van der Waals surface area contributed by atoms with Gasteiger partial charge < -0.3 is 5.11 Å². The lowest BCUT2D eigenvalue weighted by Gasteiger charge is -2.31. The zero-order chi connectivity index (χ0) is 13.5. The Morgan fingerprint density at radius 1 is 1.22 bits per heavy atom. The van der Waals surface area contributed by atoms with E-state index in [1.165, 1.54) is 0 Å². The van der Waals surface area contributed by atoms with Gasteiger partial charge in [-0.25, -0.2) is 13.2 Å². The van der Waals surface area contributed by atoms with Gasteiger partial charge in [-0.1, -0.05) is 26.3 Å². The highest BCUT2D eigenvalue weighted by Gasteiger charge is 2.40. The van der Waals surface area contributed by atoms with Gasteiger partial charge in [-0.05, 0) is 30.2 Å². The van der Waals surface area contributed by atoms with Crippen LogP contribution in [0.2, 0.25) is 0 Å². The van der Waals surface area contributed by atoms with Crippen molar-refractivity contribution in [2.75, 3.05) is 0 Å². The number of aliphatic hydroxyl groups is 1. The van der Waals surface area contributed by atoms with Crippen LogP contribution in [0.15, 0.2) is 12.1 Å². The standard InChI is InChI=1S/C14H17F3O/c1-14(2)7-3-4-9(14)13(18)8-5-6-10(15)12(17)11(8)16/h5-6,9,13,18H,3-4,7H2,1-2H3. The van der Waals surface area contributed by atoms with Crippen LogP contribution in [0.3, 0.4) is 0 Å². The van der Waals surface area contributed by atoms with Crippen LogP contribution in [0, 0.1) is 28.8 Å². The molecule has 1 N–H and O–H groups in total. The first kappa shape index (κ1) is 13.4. The molecule has 0 heterocycles.